The van der Waals surface area contributed by atoms with Gasteiger partial charge in [0.15, 0.2) is 0 Å². The fourth-order valence-electron chi connectivity index (χ4n) is 3.60. The molecule has 0 bridgehead atoms. The Balaban J connectivity index is 1.24. The molecule has 2 fully saturated rings. The van der Waals surface area contributed by atoms with Gasteiger partial charge in [-0.05, 0) is 18.4 Å². The smallest absolute Gasteiger partial charge is 0.248 e. The van der Waals surface area contributed by atoms with Gasteiger partial charge in [-0.2, -0.15) is 4.98 Å². The third-order valence-electron chi connectivity index (χ3n) is 5.39. The third-order valence-corrected chi connectivity index (χ3v) is 5.58. The number of nitrogens with one attached hydrogen (secondary N) is 1. The number of halogens is 3. The Kier molecular flexibility index (Phi) is 6.15. The van der Waals surface area contributed by atoms with Crippen LogP contribution in [0.5, 0.6) is 5.88 Å². The molecule has 2 aliphatic rings. The molecule has 0 amide bonds. The molecule has 0 saturated heterocycles. The number of rotatable bonds is 7. The minimum atomic E-state index is -2.56. The normalized spacial score (nSPS) is 24.0. The maximum Gasteiger partial charge on any atom is 0.248 e. The Hall–Kier alpha value is -1.99. The molecule has 156 valence electrons. The second-order valence-electron chi connectivity index (χ2n) is 7.76. The Morgan fingerprint density at radius 3 is 2.52 bits per heavy atom. The molecule has 1 N–H and O–H groups in total. The van der Waals surface area contributed by atoms with Crippen LogP contribution < -0.4 is 10.1 Å². The van der Waals surface area contributed by atoms with Crippen LogP contribution in [0.4, 0.5) is 14.7 Å². The van der Waals surface area contributed by atoms with Crippen molar-refractivity contribution in [1.82, 2.24) is 9.97 Å². The summed E-state index contributed by atoms with van der Waals surface area (Å²) in [6.45, 7) is 0.589. The van der Waals surface area contributed by atoms with Crippen LogP contribution in [-0.2, 0) is 11.3 Å². The Morgan fingerprint density at radius 1 is 1.07 bits per heavy atom. The largest absolute Gasteiger partial charge is 0.474 e. The van der Waals surface area contributed by atoms with Crippen LogP contribution >= 0.6 is 11.6 Å². The summed E-state index contributed by atoms with van der Waals surface area (Å²) in [5, 5.41) is 3.37. The molecular weight excluding hydrogens is 400 g/mol. The van der Waals surface area contributed by atoms with E-state index in [1.807, 2.05) is 30.3 Å². The lowest BCUT2D eigenvalue weighted by Gasteiger charge is -2.34. The first-order valence-corrected chi connectivity index (χ1v) is 10.3. The minimum absolute atomic E-state index is 0.0166. The molecule has 0 atom stereocenters. The first kappa shape index (κ1) is 20.3. The van der Waals surface area contributed by atoms with Gasteiger partial charge in [-0.15, -0.1) is 0 Å². The van der Waals surface area contributed by atoms with E-state index in [9.17, 15) is 8.78 Å². The lowest BCUT2D eigenvalue weighted by molar-refractivity contribution is -0.0695. The Bertz CT molecular complexity index is 809. The van der Waals surface area contributed by atoms with E-state index in [0.29, 0.717) is 31.3 Å². The molecule has 1 aromatic heterocycles. The highest BCUT2D eigenvalue weighted by atomic mass is 35.5. The number of benzene rings is 1. The van der Waals surface area contributed by atoms with Gasteiger partial charge in [0.2, 0.25) is 17.8 Å². The van der Waals surface area contributed by atoms with Gasteiger partial charge in [0.1, 0.15) is 11.3 Å². The van der Waals surface area contributed by atoms with E-state index in [-0.39, 0.29) is 36.2 Å². The van der Waals surface area contributed by atoms with Crippen LogP contribution in [0.2, 0.25) is 5.15 Å². The van der Waals surface area contributed by atoms with Crippen LogP contribution in [0.15, 0.2) is 36.4 Å². The fourth-order valence-corrected chi connectivity index (χ4v) is 3.77. The molecule has 1 aromatic carbocycles. The number of alkyl halides is 2. The summed E-state index contributed by atoms with van der Waals surface area (Å²) in [6.07, 6.45) is 2.26. The molecule has 29 heavy (non-hydrogen) atoms. The second-order valence-corrected chi connectivity index (χ2v) is 8.14. The van der Waals surface area contributed by atoms with Crippen LogP contribution in [0.3, 0.4) is 0 Å². The number of hydrogen-bond donors (Lipinski definition) is 1. The van der Waals surface area contributed by atoms with Gasteiger partial charge < -0.3 is 14.8 Å². The second kappa shape index (κ2) is 8.79. The number of hydrogen-bond acceptors (Lipinski definition) is 5. The molecule has 0 aliphatic heterocycles. The van der Waals surface area contributed by atoms with E-state index >= 15 is 0 Å². The average Bonchev–Trinajstić information content (AvgIpc) is 2.65. The Labute approximate surface area is 173 Å². The van der Waals surface area contributed by atoms with Gasteiger partial charge in [0.05, 0.1) is 12.7 Å². The summed E-state index contributed by atoms with van der Waals surface area (Å²) < 4.78 is 38.4. The molecule has 2 aliphatic carbocycles. The van der Waals surface area contributed by atoms with Gasteiger partial charge >= 0.3 is 0 Å². The summed E-state index contributed by atoms with van der Waals surface area (Å²) >= 11 is 6.09. The zero-order valence-electron chi connectivity index (χ0n) is 16.0. The quantitative estimate of drug-likeness (QED) is 0.616. The minimum Gasteiger partial charge on any atom is -0.474 e. The maximum absolute atomic E-state index is 13.3. The summed E-state index contributed by atoms with van der Waals surface area (Å²) in [5.41, 5.74) is 1.15. The van der Waals surface area contributed by atoms with Gasteiger partial charge in [-0.1, -0.05) is 41.9 Å². The van der Waals surface area contributed by atoms with E-state index in [1.165, 1.54) is 0 Å². The van der Waals surface area contributed by atoms with E-state index in [0.717, 1.165) is 18.4 Å². The Morgan fingerprint density at radius 2 is 1.79 bits per heavy atom. The van der Waals surface area contributed by atoms with Crippen molar-refractivity contribution in [2.24, 2.45) is 0 Å². The third kappa shape index (κ3) is 5.76. The number of nitrogens with zero attached hydrogens (tertiary/aromatic N) is 2. The highest BCUT2D eigenvalue weighted by Crippen LogP contribution is 2.34. The van der Waals surface area contributed by atoms with E-state index < -0.39 is 5.92 Å². The van der Waals surface area contributed by atoms with Crippen molar-refractivity contribution in [2.75, 3.05) is 5.32 Å². The van der Waals surface area contributed by atoms with Crippen molar-refractivity contribution in [1.29, 1.82) is 0 Å². The molecule has 2 saturated carbocycles. The monoisotopic (exact) mass is 423 g/mol. The average molecular weight is 424 g/mol. The molecule has 4 rings (SSSR count). The van der Waals surface area contributed by atoms with Gasteiger partial charge in [0, 0.05) is 37.8 Å². The first-order valence-electron chi connectivity index (χ1n) is 9.96. The van der Waals surface area contributed by atoms with Crippen LogP contribution in [0, 0.1) is 0 Å². The first-order chi connectivity index (χ1) is 13.9. The molecule has 8 heteroatoms. The molecular formula is C21H24ClF2N3O2. The van der Waals surface area contributed by atoms with Gasteiger partial charge in [0.25, 0.3) is 0 Å². The predicted molar refractivity (Wildman–Crippen MR) is 107 cm³/mol. The van der Waals surface area contributed by atoms with Crippen LogP contribution in [0.1, 0.15) is 44.1 Å². The van der Waals surface area contributed by atoms with E-state index in [2.05, 4.69) is 15.3 Å². The topological polar surface area (TPSA) is 56.3 Å². The summed E-state index contributed by atoms with van der Waals surface area (Å²) in [4.78, 5) is 8.49. The standard InChI is InChI=1S/C21H24ClF2N3O2/c22-18-12-19(27-20(26-18)25-15-6-8-21(23,24)9-7-15)29-17-10-16(11-17)28-13-14-4-2-1-3-5-14/h1-5,12,15-17H,6-11,13H2,(H,25,26,27). The van der Waals surface area contributed by atoms with Crippen molar-refractivity contribution in [3.05, 3.63) is 47.1 Å². The van der Waals surface area contributed by atoms with Crippen molar-refractivity contribution in [3.63, 3.8) is 0 Å². The molecule has 0 unspecified atom stereocenters. The maximum atomic E-state index is 13.3. The fraction of sp³-hybridized carbons (Fsp3) is 0.524. The number of ether oxygens (including phenoxy) is 2. The van der Waals surface area contributed by atoms with Crippen molar-refractivity contribution >= 4 is 17.5 Å². The molecule has 1 heterocycles. The highest BCUT2D eigenvalue weighted by molar-refractivity contribution is 6.29. The van der Waals surface area contributed by atoms with E-state index in [1.54, 1.807) is 6.07 Å². The predicted octanol–water partition coefficient (Wildman–Crippen LogP) is 5.25. The zero-order chi connectivity index (χ0) is 20.3. The molecule has 5 nitrogen and oxygen atoms in total. The molecule has 0 spiro atoms. The van der Waals surface area contributed by atoms with Crippen molar-refractivity contribution < 1.29 is 18.3 Å². The molecule has 2 aromatic rings. The summed E-state index contributed by atoms with van der Waals surface area (Å²) in [5.74, 6) is -1.86. The SMILES string of the molecule is FC1(F)CCC(Nc2nc(Cl)cc(OC3CC(OCc4ccccc4)C3)n2)CC1. The lowest BCUT2D eigenvalue weighted by atomic mass is 9.92. The number of aromatic nitrogens is 2. The molecule has 0 radical (unpaired) electrons. The van der Waals surface area contributed by atoms with E-state index in [4.69, 9.17) is 21.1 Å². The van der Waals surface area contributed by atoms with Gasteiger partial charge in [-0.3, -0.25) is 0 Å². The zero-order valence-corrected chi connectivity index (χ0v) is 16.7. The van der Waals surface area contributed by atoms with Crippen molar-refractivity contribution in [3.8, 4) is 5.88 Å². The van der Waals surface area contributed by atoms with Crippen LogP contribution in [0.25, 0.3) is 0 Å². The number of anilines is 1. The van der Waals surface area contributed by atoms with Crippen molar-refractivity contribution in [2.45, 2.75) is 69.3 Å². The van der Waals surface area contributed by atoms with Crippen LogP contribution in [-0.4, -0.2) is 34.1 Å². The summed E-state index contributed by atoms with van der Waals surface area (Å²) in [7, 11) is 0. The van der Waals surface area contributed by atoms with Gasteiger partial charge in [-0.25, -0.2) is 13.8 Å². The highest BCUT2D eigenvalue weighted by Gasteiger charge is 2.35. The summed E-state index contributed by atoms with van der Waals surface area (Å²) in [6, 6.07) is 11.5. The lowest BCUT2D eigenvalue weighted by Crippen LogP contribution is -2.39.